The maximum atomic E-state index is 12.7. The number of hydrogen-bond donors (Lipinski definition) is 1. The van der Waals surface area contributed by atoms with Crippen LogP contribution in [0.4, 0.5) is 0 Å². The molecule has 1 aliphatic heterocycles. The fraction of sp³-hybridized carbons (Fsp3) is 0.476. The van der Waals surface area contributed by atoms with Crippen molar-refractivity contribution in [3.05, 3.63) is 52.2 Å². The molecular weight excluding hydrogens is 406 g/mol. The number of rotatable bonds is 7. The van der Waals surface area contributed by atoms with E-state index >= 15 is 0 Å². The third-order valence-electron chi connectivity index (χ3n) is 5.48. The standard InChI is InChI=1S/C21H29N3O3S2/c1-16-10-12-24(13-11-16)19(20-5-4-14-28-20)15-22-21(25)17-6-8-18(9-7-17)29(26,27)23(2)3/h4-9,14,16,19H,10-13,15H2,1-3H3,(H,22,25)/t19-/m0/s1. The van der Waals surface area contributed by atoms with Crippen LogP contribution in [0.1, 0.15) is 41.0 Å². The molecule has 1 N–H and O–H groups in total. The second kappa shape index (κ2) is 9.38. The molecule has 158 valence electrons. The fourth-order valence-electron chi connectivity index (χ4n) is 3.51. The average Bonchev–Trinajstić information content (AvgIpc) is 3.24. The monoisotopic (exact) mass is 435 g/mol. The summed E-state index contributed by atoms with van der Waals surface area (Å²) in [5, 5.41) is 5.11. The Morgan fingerprint density at radius 1 is 1.21 bits per heavy atom. The molecule has 6 nitrogen and oxygen atoms in total. The number of carbonyl (C=O) groups is 1. The van der Waals surface area contributed by atoms with Crippen molar-refractivity contribution in [3.8, 4) is 0 Å². The molecule has 2 heterocycles. The van der Waals surface area contributed by atoms with Crippen LogP contribution < -0.4 is 5.32 Å². The minimum absolute atomic E-state index is 0.167. The lowest BCUT2D eigenvalue weighted by molar-refractivity contribution is 0.0915. The molecule has 1 aliphatic rings. The van der Waals surface area contributed by atoms with E-state index in [1.807, 2.05) is 6.07 Å². The van der Waals surface area contributed by atoms with Crippen molar-refractivity contribution in [2.24, 2.45) is 5.92 Å². The third-order valence-corrected chi connectivity index (χ3v) is 8.28. The lowest BCUT2D eigenvalue weighted by Gasteiger charge is -2.36. The number of piperidine rings is 1. The normalized spacial score (nSPS) is 17.4. The molecule has 1 aromatic heterocycles. The number of nitrogens with one attached hydrogen (secondary N) is 1. The van der Waals surface area contributed by atoms with Crippen molar-refractivity contribution in [1.82, 2.24) is 14.5 Å². The molecule has 0 unspecified atom stereocenters. The van der Waals surface area contributed by atoms with Gasteiger partial charge in [-0.25, -0.2) is 12.7 Å². The van der Waals surface area contributed by atoms with Crippen LogP contribution in [0.5, 0.6) is 0 Å². The molecule has 0 spiro atoms. The summed E-state index contributed by atoms with van der Waals surface area (Å²) in [4.78, 5) is 16.6. The second-order valence-electron chi connectivity index (χ2n) is 7.77. The number of hydrogen-bond acceptors (Lipinski definition) is 5. The van der Waals surface area contributed by atoms with Gasteiger partial charge in [-0.2, -0.15) is 0 Å². The van der Waals surface area contributed by atoms with E-state index in [0.29, 0.717) is 12.1 Å². The van der Waals surface area contributed by atoms with Crippen molar-refractivity contribution >= 4 is 27.3 Å². The van der Waals surface area contributed by atoms with Crippen molar-refractivity contribution in [2.45, 2.75) is 30.7 Å². The maximum Gasteiger partial charge on any atom is 0.251 e. The van der Waals surface area contributed by atoms with Gasteiger partial charge in [-0.15, -0.1) is 11.3 Å². The Morgan fingerprint density at radius 3 is 2.41 bits per heavy atom. The van der Waals surface area contributed by atoms with Crippen LogP contribution in [0.2, 0.25) is 0 Å². The van der Waals surface area contributed by atoms with E-state index in [4.69, 9.17) is 0 Å². The van der Waals surface area contributed by atoms with E-state index in [-0.39, 0.29) is 16.8 Å². The summed E-state index contributed by atoms with van der Waals surface area (Å²) in [6.07, 6.45) is 2.36. The number of thiophene rings is 1. The molecular formula is C21H29N3O3S2. The van der Waals surface area contributed by atoms with E-state index in [9.17, 15) is 13.2 Å². The van der Waals surface area contributed by atoms with Gasteiger partial charge in [-0.05, 0) is 67.6 Å². The summed E-state index contributed by atoms with van der Waals surface area (Å²) in [5.41, 5.74) is 0.458. The van der Waals surface area contributed by atoms with Crippen LogP contribution in [0.3, 0.4) is 0 Å². The minimum Gasteiger partial charge on any atom is -0.350 e. The van der Waals surface area contributed by atoms with E-state index in [2.05, 4.69) is 28.6 Å². The van der Waals surface area contributed by atoms with Crippen molar-refractivity contribution < 1.29 is 13.2 Å². The molecule has 1 fully saturated rings. The minimum atomic E-state index is -3.50. The van der Waals surface area contributed by atoms with Gasteiger partial charge in [0.2, 0.25) is 10.0 Å². The Morgan fingerprint density at radius 2 is 1.86 bits per heavy atom. The van der Waals surface area contributed by atoms with Crippen LogP contribution in [0.25, 0.3) is 0 Å². The zero-order chi connectivity index (χ0) is 21.0. The largest absolute Gasteiger partial charge is 0.350 e. The smallest absolute Gasteiger partial charge is 0.251 e. The van der Waals surface area contributed by atoms with Gasteiger partial charge in [0.25, 0.3) is 5.91 Å². The van der Waals surface area contributed by atoms with Crippen molar-refractivity contribution in [3.63, 3.8) is 0 Å². The van der Waals surface area contributed by atoms with Crippen LogP contribution in [-0.2, 0) is 10.0 Å². The molecule has 1 aromatic carbocycles. The fourth-order valence-corrected chi connectivity index (χ4v) is 5.27. The first-order valence-electron chi connectivity index (χ1n) is 9.87. The van der Waals surface area contributed by atoms with Gasteiger partial charge in [-0.1, -0.05) is 13.0 Å². The van der Waals surface area contributed by atoms with Crippen LogP contribution >= 0.6 is 11.3 Å². The number of sulfonamides is 1. The van der Waals surface area contributed by atoms with E-state index in [1.54, 1.807) is 23.5 Å². The highest BCUT2D eigenvalue weighted by molar-refractivity contribution is 7.89. The molecule has 2 aromatic rings. The summed E-state index contributed by atoms with van der Waals surface area (Å²) < 4.78 is 25.5. The zero-order valence-corrected chi connectivity index (χ0v) is 18.8. The van der Waals surface area contributed by atoms with Gasteiger partial charge in [-0.3, -0.25) is 9.69 Å². The first-order chi connectivity index (χ1) is 13.8. The number of amides is 1. The van der Waals surface area contributed by atoms with Crippen LogP contribution in [0, 0.1) is 5.92 Å². The molecule has 0 radical (unpaired) electrons. The number of benzene rings is 1. The summed E-state index contributed by atoms with van der Waals surface area (Å²) in [6.45, 7) is 4.90. The highest BCUT2D eigenvalue weighted by atomic mass is 32.2. The Labute approximate surface area is 177 Å². The highest BCUT2D eigenvalue weighted by Gasteiger charge is 2.26. The summed E-state index contributed by atoms with van der Waals surface area (Å²) in [7, 11) is -0.521. The SMILES string of the molecule is CC1CCN([C@@H](CNC(=O)c2ccc(S(=O)(=O)N(C)C)cc2)c2cccs2)CC1. The topological polar surface area (TPSA) is 69.7 Å². The zero-order valence-electron chi connectivity index (χ0n) is 17.2. The van der Waals surface area contributed by atoms with Crippen molar-refractivity contribution in [2.75, 3.05) is 33.7 Å². The van der Waals surface area contributed by atoms with Crippen molar-refractivity contribution in [1.29, 1.82) is 0 Å². The number of carbonyl (C=O) groups excluding carboxylic acids is 1. The van der Waals surface area contributed by atoms with E-state index in [0.717, 1.165) is 23.3 Å². The number of likely N-dealkylation sites (tertiary alicyclic amines) is 1. The molecule has 1 atom stereocenters. The predicted molar refractivity (Wildman–Crippen MR) is 117 cm³/mol. The van der Waals surface area contributed by atoms with Gasteiger partial charge in [0, 0.05) is 31.1 Å². The van der Waals surface area contributed by atoms with Gasteiger partial charge in [0.15, 0.2) is 0 Å². The molecule has 29 heavy (non-hydrogen) atoms. The Bertz CT molecular complexity index is 901. The molecule has 1 saturated heterocycles. The summed E-state index contributed by atoms with van der Waals surface area (Å²) in [6, 6.07) is 10.4. The lowest BCUT2D eigenvalue weighted by atomic mass is 9.97. The summed E-state index contributed by atoms with van der Waals surface area (Å²) >= 11 is 1.72. The number of nitrogens with zero attached hydrogens (tertiary/aromatic N) is 2. The van der Waals surface area contributed by atoms with Gasteiger partial charge < -0.3 is 5.32 Å². The van der Waals surface area contributed by atoms with E-state index in [1.165, 1.54) is 43.9 Å². The molecule has 8 heteroatoms. The quantitative estimate of drug-likeness (QED) is 0.725. The molecule has 3 rings (SSSR count). The third kappa shape index (κ3) is 5.25. The average molecular weight is 436 g/mol. The van der Waals surface area contributed by atoms with Crippen LogP contribution in [0.15, 0.2) is 46.7 Å². The van der Waals surface area contributed by atoms with Gasteiger partial charge in [0.05, 0.1) is 10.9 Å². The molecule has 1 amide bonds. The predicted octanol–water partition coefficient (Wildman–Crippen LogP) is 3.20. The Balaban J connectivity index is 1.67. The Hall–Kier alpha value is -1.74. The van der Waals surface area contributed by atoms with Gasteiger partial charge in [0.1, 0.15) is 0 Å². The first-order valence-corrected chi connectivity index (χ1v) is 12.2. The highest BCUT2D eigenvalue weighted by Crippen LogP contribution is 2.29. The second-order valence-corrected chi connectivity index (χ2v) is 10.9. The molecule has 0 bridgehead atoms. The maximum absolute atomic E-state index is 12.7. The molecule has 0 saturated carbocycles. The molecule has 0 aliphatic carbocycles. The van der Waals surface area contributed by atoms with E-state index < -0.39 is 10.0 Å². The first kappa shape index (κ1) is 22.0. The van der Waals surface area contributed by atoms with Crippen LogP contribution in [-0.4, -0.2) is 57.3 Å². The lowest BCUT2D eigenvalue weighted by Crippen LogP contribution is -2.41. The Kier molecular flexibility index (Phi) is 7.10. The summed E-state index contributed by atoms with van der Waals surface area (Å²) in [5.74, 6) is 0.563. The van der Waals surface area contributed by atoms with Gasteiger partial charge >= 0.3 is 0 Å².